The first-order valence-corrected chi connectivity index (χ1v) is 7.32. The molecule has 86 valence electrons. The van der Waals surface area contributed by atoms with Gasteiger partial charge >= 0.3 is 0 Å². The predicted molar refractivity (Wildman–Crippen MR) is 65.5 cm³/mol. The van der Waals surface area contributed by atoms with Crippen LogP contribution in [0.15, 0.2) is 17.5 Å². The highest BCUT2D eigenvalue weighted by Crippen LogP contribution is 2.13. The number of thiophene rings is 1. The molecule has 0 saturated carbocycles. The Morgan fingerprint density at radius 2 is 2.33 bits per heavy atom. The Labute approximate surface area is 100 Å². The van der Waals surface area contributed by atoms with Crippen LogP contribution in [0.4, 0.5) is 0 Å². The smallest absolute Gasteiger partial charge is 0.151 e. The molecule has 0 spiro atoms. The van der Waals surface area contributed by atoms with Crippen molar-refractivity contribution in [2.45, 2.75) is 19.0 Å². The zero-order valence-electron chi connectivity index (χ0n) is 8.18. The van der Waals surface area contributed by atoms with Crippen molar-refractivity contribution in [3.05, 3.63) is 22.4 Å². The van der Waals surface area contributed by atoms with Gasteiger partial charge in [-0.05, 0) is 17.9 Å². The molecule has 15 heavy (non-hydrogen) atoms. The lowest BCUT2D eigenvalue weighted by atomic mass is 10.2. The van der Waals surface area contributed by atoms with Crippen LogP contribution in [0, 0.1) is 0 Å². The van der Waals surface area contributed by atoms with Crippen LogP contribution in [0.5, 0.6) is 0 Å². The second kappa shape index (κ2) is 5.30. The maximum Gasteiger partial charge on any atom is 0.151 e. The zero-order chi connectivity index (χ0) is 10.0. The molecule has 1 aromatic rings. The number of sulfone groups is 1. The van der Waals surface area contributed by atoms with Crippen molar-refractivity contribution in [3.8, 4) is 0 Å². The summed E-state index contributed by atoms with van der Waals surface area (Å²) in [5.74, 6) is 0.646. The van der Waals surface area contributed by atoms with Gasteiger partial charge in [0.25, 0.3) is 0 Å². The highest BCUT2D eigenvalue weighted by Gasteiger charge is 2.27. The largest absolute Gasteiger partial charge is 0.308 e. The Morgan fingerprint density at radius 1 is 1.53 bits per heavy atom. The van der Waals surface area contributed by atoms with E-state index >= 15 is 0 Å². The Morgan fingerprint density at radius 3 is 2.87 bits per heavy atom. The van der Waals surface area contributed by atoms with E-state index < -0.39 is 9.84 Å². The summed E-state index contributed by atoms with van der Waals surface area (Å²) in [5, 5.41) is 5.30. The van der Waals surface area contributed by atoms with Gasteiger partial charge in [-0.2, -0.15) is 0 Å². The van der Waals surface area contributed by atoms with Crippen LogP contribution in [0.3, 0.4) is 0 Å². The Bertz CT molecular complexity index is 388. The van der Waals surface area contributed by atoms with E-state index in [-0.39, 0.29) is 18.4 Å². The highest BCUT2D eigenvalue weighted by molar-refractivity contribution is 7.91. The summed E-state index contributed by atoms with van der Waals surface area (Å²) in [6.07, 6.45) is 0.758. The molecule has 1 aliphatic heterocycles. The lowest BCUT2D eigenvalue weighted by molar-refractivity contribution is 0.557. The SMILES string of the molecule is Cl.O=S1(=O)CCC(NCc2cccs2)C1. The van der Waals surface area contributed by atoms with Crippen LogP contribution in [0.2, 0.25) is 0 Å². The summed E-state index contributed by atoms with van der Waals surface area (Å²) in [4.78, 5) is 1.26. The lowest BCUT2D eigenvalue weighted by Gasteiger charge is -2.08. The molecule has 2 heterocycles. The summed E-state index contributed by atoms with van der Waals surface area (Å²) in [6, 6.07) is 4.22. The van der Waals surface area contributed by atoms with Crippen molar-refractivity contribution in [2.24, 2.45) is 0 Å². The average molecular weight is 268 g/mol. The molecule has 0 bridgehead atoms. The molecule has 1 fully saturated rings. The Kier molecular flexibility index (Phi) is 4.58. The first-order valence-electron chi connectivity index (χ1n) is 4.62. The van der Waals surface area contributed by atoms with Crippen molar-refractivity contribution in [2.75, 3.05) is 11.5 Å². The van der Waals surface area contributed by atoms with Crippen LogP contribution >= 0.6 is 23.7 Å². The summed E-state index contributed by atoms with van der Waals surface area (Å²) in [6.45, 7) is 0.790. The molecule has 0 radical (unpaired) electrons. The maximum absolute atomic E-state index is 11.2. The number of hydrogen-bond donors (Lipinski definition) is 1. The third kappa shape index (κ3) is 3.75. The quantitative estimate of drug-likeness (QED) is 0.902. The molecule has 1 aliphatic rings. The summed E-state index contributed by atoms with van der Waals surface area (Å²) in [7, 11) is -2.75. The average Bonchev–Trinajstić information content (AvgIpc) is 2.70. The summed E-state index contributed by atoms with van der Waals surface area (Å²) < 4.78 is 22.3. The van der Waals surface area contributed by atoms with Crippen molar-refractivity contribution >= 4 is 33.6 Å². The van der Waals surface area contributed by atoms with Crippen LogP contribution < -0.4 is 5.32 Å². The van der Waals surface area contributed by atoms with Gasteiger partial charge in [0.15, 0.2) is 9.84 Å². The second-order valence-corrected chi connectivity index (χ2v) is 6.82. The molecular formula is C9H14ClNO2S2. The van der Waals surface area contributed by atoms with Gasteiger partial charge < -0.3 is 5.32 Å². The third-order valence-corrected chi connectivity index (χ3v) is 5.02. The molecule has 6 heteroatoms. The zero-order valence-corrected chi connectivity index (χ0v) is 10.6. The lowest BCUT2D eigenvalue weighted by Crippen LogP contribution is -2.29. The molecule has 0 aromatic carbocycles. The number of nitrogens with one attached hydrogen (secondary N) is 1. The van der Waals surface area contributed by atoms with E-state index in [9.17, 15) is 8.42 Å². The normalized spacial score (nSPS) is 23.6. The number of hydrogen-bond acceptors (Lipinski definition) is 4. The molecule has 1 N–H and O–H groups in total. The van der Waals surface area contributed by atoms with E-state index in [0.717, 1.165) is 13.0 Å². The minimum absolute atomic E-state index is 0. The second-order valence-electron chi connectivity index (χ2n) is 3.56. The molecule has 1 unspecified atom stereocenters. The number of rotatable bonds is 3. The molecule has 1 aromatic heterocycles. The van der Waals surface area contributed by atoms with Gasteiger partial charge in [-0.25, -0.2) is 8.42 Å². The van der Waals surface area contributed by atoms with Crippen molar-refractivity contribution < 1.29 is 8.42 Å². The monoisotopic (exact) mass is 267 g/mol. The molecule has 3 nitrogen and oxygen atoms in total. The van der Waals surface area contributed by atoms with E-state index in [1.165, 1.54) is 4.88 Å². The van der Waals surface area contributed by atoms with Gasteiger partial charge in [-0.1, -0.05) is 6.07 Å². The highest BCUT2D eigenvalue weighted by atomic mass is 35.5. The van der Waals surface area contributed by atoms with Crippen LogP contribution in [-0.4, -0.2) is 26.0 Å². The summed E-state index contributed by atoms with van der Waals surface area (Å²) >= 11 is 1.69. The topological polar surface area (TPSA) is 46.2 Å². The molecule has 0 amide bonds. The van der Waals surface area contributed by atoms with E-state index in [4.69, 9.17) is 0 Å². The minimum Gasteiger partial charge on any atom is -0.308 e. The van der Waals surface area contributed by atoms with Crippen molar-refractivity contribution in [1.29, 1.82) is 0 Å². The summed E-state index contributed by atoms with van der Waals surface area (Å²) in [5.41, 5.74) is 0. The van der Waals surface area contributed by atoms with Gasteiger partial charge in [0.1, 0.15) is 0 Å². The first-order chi connectivity index (χ1) is 6.66. The van der Waals surface area contributed by atoms with E-state index in [1.807, 2.05) is 11.4 Å². The first kappa shape index (κ1) is 13.0. The van der Waals surface area contributed by atoms with Crippen LogP contribution in [-0.2, 0) is 16.4 Å². The van der Waals surface area contributed by atoms with E-state index in [0.29, 0.717) is 11.5 Å². The van der Waals surface area contributed by atoms with Crippen LogP contribution in [0.1, 0.15) is 11.3 Å². The van der Waals surface area contributed by atoms with E-state index in [1.54, 1.807) is 11.3 Å². The fraction of sp³-hybridized carbons (Fsp3) is 0.556. The fourth-order valence-electron chi connectivity index (χ4n) is 1.61. The maximum atomic E-state index is 11.2. The fourth-order valence-corrected chi connectivity index (χ4v) is 3.98. The van der Waals surface area contributed by atoms with Crippen LogP contribution in [0.25, 0.3) is 0 Å². The Balaban J connectivity index is 0.00000112. The predicted octanol–water partition coefficient (Wildman–Crippen LogP) is 1.45. The van der Waals surface area contributed by atoms with Crippen molar-refractivity contribution in [3.63, 3.8) is 0 Å². The molecule has 0 aliphatic carbocycles. The van der Waals surface area contributed by atoms with Gasteiger partial charge in [-0.3, -0.25) is 0 Å². The molecular weight excluding hydrogens is 254 g/mol. The van der Waals surface area contributed by atoms with Crippen molar-refractivity contribution in [1.82, 2.24) is 5.32 Å². The molecule has 1 saturated heterocycles. The van der Waals surface area contributed by atoms with Gasteiger partial charge in [0.05, 0.1) is 11.5 Å². The van der Waals surface area contributed by atoms with E-state index in [2.05, 4.69) is 11.4 Å². The van der Waals surface area contributed by atoms with Gasteiger partial charge in [-0.15, -0.1) is 23.7 Å². The molecule has 2 rings (SSSR count). The van der Waals surface area contributed by atoms with Gasteiger partial charge in [0.2, 0.25) is 0 Å². The molecule has 1 atom stereocenters. The van der Waals surface area contributed by atoms with Gasteiger partial charge in [0, 0.05) is 17.5 Å². The minimum atomic E-state index is -2.75. The number of halogens is 1. The standard InChI is InChI=1S/C9H13NO2S2.ClH/c11-14(12)5-3-8(7-14)10-6-9-2-1-4-13-9;/h1-2,4,8,10H,3,5-7H2;1H. The Hall–Kier alpha value is -0.100. The third-order valence-electron chi connectivity index (χ3n) is 2.38.